The summed E-state index contributed by atoms with van der Waals surface area (Å²) in [5, 5.41) is 0. The van der Waals surface area contributed by atoms with Gasteiger partial charge >= 0.3 is 5.97 Å². The topological polar surface area (TPSA) is 65.2 Å². The lowest BCUT2D eigenvalue weighted by Gasteiger charge is -2.08. The Morgan fingerprint density at radius 3 is 2.92 bits per heavy atom. The molecular weight excluding hydrogens is 168 g/mol. The Hall–Kier alpha value is -1.42. The van der Waals surface area contributed by atoms with Crippen LogP contribution in [0.3, 0.4) is 0 Å². The number of pyridine rings is 1. The van der Waals surface area contributed by atoms with E-state index in [2.05, 4.69) is 9.72 Å². The maximum absolute atomic E-state index is 11.2. The van der Waals surface area contributed by atoms with Gasteiger partial charge in [0, 0.05) is 17.8 Å². The van der Waals surface area contributed by atoms with Gasteiger partial charge in [0.15, 0.2) is 5.69 Å². The number of nitrogens with zero attached hydrogens (tertiary/aromatic N) is 1. The van der Waals surface area contributed by atoms with Crippen LogP contribution in [0.4, 0.5) is 0 Å². The molecule has 1 heterocycles. The number of nitrogens with two attached hydrogens (primary N) is 1. The second kappa shape index (κ2) is 4.00. The Balaban J connectivity index is 3.12. The fraction of sp³-hybridized carbons (Fsp3) is 0.333. The van der Waals surface area contributed by atoms with Crippen LogP contribution in [-0.4, -0.2) is 18.1 Å². The summed E-state index contributed by atoms with van der Waals surface area (Å²) in [6.07, 6.45) is 1.54. The molecule has 70 valence electrons. The summed E-state index contributed by atoms with van der Waals surface area (Å²) in [5.74, 6) is -0.451. The van der Waals surface area contributed by atoms with E-state index in [4.69, 9.17) is 5.73 Å². The molecule has 0 aromatic carbocycles. The molecule has 4 heteroatoms. The van der Waals surface area contributed by atoms with Crippen molar-refractivity contribution in [1.29, 1.82) is 0 Å². The molecule has 0 radical (unpaired) electrons. The summed E-state index contributed by atoms with van der Waals surface area (Å²) in [7, 11) is 1.32. The second-order valence-corrected chi connectivity index (χ2v) is 2.72. The lowest BCUT2D eigenvalue weighted by molar-refractivity contribution is 0.0592. The van der Waals surface area contributed by atoms with Crippen molar-refractivity contribution >= 4 is 5.97 Å². The number of esters is 1. The minimum Gasteiger partial charge on any atom is -0.464 e. The molecule has 0 bridgehead atoms. The van der Waals surface area contributed by atoms with Gasteiger partial charge in [-0.15, -0.1) is 0 Å². The Bertz CT molecular complexity index is 310. The zero-order valence-corrected chi connectivity index (χ0v) is 7.65. The van der Waals surface area contributed by atoms with Crippen molar-refractivity contribution in [3.8, 4) is 0 Å². The van der Waals surface area contributed by atoms with E-state index >= 15 is 0 Å². The largest absolute Gasteiger partial charge is 0.464 e. The molecule has 0 aliphatic rings. The van der Waals surface area contributed by atoms with Gasteiger partial charge in [0.05, 0.1) is 7.11 Å². The normalized spacial score (nSPS) is 12.2. The molecule has 2 N–H and O–H groups in total. The number of methoxy groups -OCH3 is 1. The van der Waals surface area contributed by atoms with Crippen molar-refractivity contribution in [3.05, 3.63) is 29.6 Å². The van der Waals surface area contributed by atoms with E-state index in [0.717, 1.165) is 0 Å². The average molecular weight is 180 g/mol. The molecule has 0 aliphatic heterocycles. The number of hydrogen-bond donors (Lipinski definition) is 1. The summed E-state index contributed by atoms with van der Waals surface area (Å²) in [5.41, 5.74) is 6.65. The Kier molecular flexibility index (Phi) is 2.97. The predicted octanol–water partition coefficient (Wildman–Crippen LogP) is 0.888. The first-order chi connectivity index (χ1) is 6.16. The first-order valence-electron chi connectivity index (χ1n) is 3.95. The van der Waals surface area contributed by atoms with Crippen molar-refractivity contribution in [1.82, 2.24) is 4.98 Å². The molecule has 0 aliphatic carbocycles. The van der Waals surface area contributed by atoms with Gasteiger partial charge in [-0.2, -0.15) is 0 Å². The first kappa shape index (κ1) is 9.67. The zero-order chi connectivity index (χ0) is 9.84. The zero-order valence-electron chi connectivity index (χ0n) is 7.65. The van der Waals surface area contributed by atoms with E-state index in [0.29, 0.717) is 11.3 Å². The summed E-state index contributed by atoms with van der Waals surface area (Å²) >= 11 is 0. The van der Waals surface area contributed by atoms with Gasteiger partial charge in [-0.1, -0.05) is 6.07 Å². The third kappa shape index (κ3) is 2.03. The Morgan fingerprint density at radius 2 is 2.38 bits per heavy atom. The van der Waals surface area contributed by atoms with Crippen molar-refractivity contribution in [2.24, 2.45) is 5.73 Å². The van der Waals surface area contributed by atoms with Crippen molar-refractivity contribution < 1.29 is 9.53 Å². The van der Waals surface area contributed by atoms with Crippen LogP contribution in [-0.2, 0) is 4.74 Å². The molecule has 13 heavy (non-hydrogen) atoms. The maximum Gasteiger partial charge on any atom is 0.356 e. The average Bonchev–Trinajstić information content (AvgIpc) is 2.16. The molecule has 0 saturated heterocycles. The number of carbonyl (C=O) groups excluding carboxylic acids is 1. The van der Waals surface area contributed by atoms with Gasteiger partial charge in [0.25, 0.3) is 0 Å². The number of ether oxygens (including phenoxy) is 1. The Morgan fingerprint density at radius 1 is 1.69 bits per heavy atom. The predicted molar refractivity (Wildman–Crippen MR) is 48.2 cm³/mol. The number of aromatic nitrogens is 1. The molecule has 0 spiro atoms. The molecule has 1 aromatic heterocycles. The van der Waals surface area contributed by atoms with Crippen LogP contribution < -0.4 is 5.73 Å². The first-order valence-corrected chi connectivity index (χ1v) is 3.95. The molecule has 1 aromatic rings. The highest BCUT2D eigenvalue weighted by molar-refractivity contribution is 5.88. The van der Waals surface area contributed by atoms with E-state index in [9.17, 15) is 4.79 Å². The number of rotatable bonds is 2. The lowest BCUT2D eigenvalue weighted by atomic mass is 10.1. The standard InChI is InChI=1S/C9H12N2O2/c1-6(10)7-4-3-5-11-8(7)9(12)13-2/h3-6H,10H2,1-2H3/t6-/m0/s1. The van der Waals surface area contributed by atoms with E-state index in [1.165, 1.54) is 13.3 Å². The molecule has 0 saturated carbocycles. The molecule has 0 unspecified atom stereocenters. The van der Waals surface area contributed by atoms with Crippen LogP contribution in [0.5, 0.6) is 0 Å². The molecule has 1 rings (SSSR count). The van der Waals surface area contributed by atoms with E-state index in [-0.39, 0.29) is 6.04 Å². The molecular formula is C9H12N2O2. The van der Waals surface area contributed by atoms with Crippen molar-refractivity contribution in [3.63, 3.8) is 0 Å². The highest BCUT2D eigenvalue weighted by atomic mass is 16.5. The monoisotopic (exact) mass is 180 g/mol. The van der Waals surface area contributed by atoms with Crippen molar-refractivity contribution in [2.75, 3.05) is 7.11 Å². The summed E-state index contributed by atoms with van der Waals surface area (Å²) < 4.78 is 4.57. The van der Waals surface area contributed by atoms with Gasteiger partial charge in [0.1, 0.15) is 0 Å². The lowest BCUT2D eigenvalue weighted by Crippen LogP contribution is -2.14. The molecule has 0 amide bonds. The van der Waals surface area contributed by atoms with Gasteiger partial charge in [-0.05, 0) is 13.0 Å². The summed E-state index contributed by atoms with van der Waals surface area (Å²) in [6.45, 7) is 1.80. The van der Waals surface area contributed by atoms with Crippen LogP contribution in [0.1, 0.15) is 29.0 Å². The quantitative estimate of drug-likeness (QED) is 0.686. The van der Waals surface area contributed by atoms with Gasteiger partial charge < -0.3 is 10.5 Å². The third-order valence-electron chi connectivity index (χ3n) is 1.71. The molecule has 4 nitrogen and oxygen atoms in total. The van der Waals surface area contributed by atoms with Crippen LogP contribution in [0.15, 0.2) is 18.3 Å². The molecule has 1 atom stereocenters. The molecule has 0 fully saturated rings. The Labute approximate surface area is 76.7 Å². The van der Waals surface area contributed by atoms with Crippen LogP contribution in [0.25, 0.3) is 0 Å². The second-order valence-electron chi connectivity index (χ2n) is 2.72. The van der Waals surface area contributed by atoms with Crippen LogP contribution in [0.2, 0.25) is 0 Å². The third-order valence-corrected chi connectivity index (χ3v) is 1.71. The van der Waals surface area contributed by atoms with Gasteiger partial charge in [0.2, 0.25) is 0 Å². The highest BCUT2D eigenvalue weighted by Crippen LogP contribution is 2.13. The van der Waals surface area contributed by atoms with E-state index in [1.807, 2.05) is 0 Å². The maximum atomic E-state index is 11.2. The van der Waals surface area contributed by atoms with Gasteiger partial charge in [-0.3, -0.25) is 0 Å². The number of carbonyl (C=O) groups is 1. The van der Waals surface area contributed by atoms with Gasteiger partial charge in [-0.25, -0.2) is 9.78 Å². The van der Waals surface area contributed by atoms with E-state index in [1.54, 1.807) is 19.1 Å². The fourth-order valence-electron chi connectivity index (χ4n) is 1.05. The van der Waals surface area contributed by atoms with Crippen molar-refractivity contribution in [2.45, 2.75) is 13.0 Å². The minimum atomic E-state index is -0.451. The smallest absolute Gasteiger partial charge is 0.356 e. The highest BCUT2D eigenvalue weighted by Gasteiger charge is 2.14. The van der Waals surface area contributed by atoms with Crippen LogP contribution >= 0.6 is 0 Å². The van der Waals surface area contributed by atoms with Crippen LogP contribution in [0, 0.1) is 0 Å². The summed E-state index contributed by atoms with van der Waals surface area (Å²) in [6, 6.07) is 3.29. The number of hydrogen-bond acceptors (Lipinski definition) is 4. The minimum absolute atomic E-state index is 0.220. The summed E-state index contributed by atoms with van der Waals surface area (Å²) in [4.78, 5) is 15.1. The fourth-order valence-corrected chi connectivity index (χ4v) is 1.05. The van der Waals surface area contributed by atoms with E-state index < -0.39 is 5.97 Å². The SMILES string of the molecule is COC(=O)c1ncccc1[C@H](C)N.